The number of rotatable bonds is 3. The van der Waals surface area contributed by atoms with Gasteiger partial charge in [-0.3, -0.25) is 4.90 Å². The summed E-state index contributed by atoms with van der Waals surface area (Å²) >= 11 is 0. The molecule has 80 valence electrons. The summed E-state index contributed by atoms with van der Waals surface area (Å²) < 4.78 is 0. The molecular formula is C14H19N. The highest BCUT2D eigenvalue weighted by Crippen LogP contribution is 2.58. The molecule has 1 aliphatic rings. The zero-order chi connectivity index (χ0) is 11.1. The van der Waals surface area contributed by atoms with Gasteiger partial charge in [0.25, 0.3) is 0 Å². The lowest BCUT2D eigenvalue weighted by Gasteiger charge is -2.12. The molecule has 0 amide bonds. The quantitative estimate of drug-likeness (QED) is 0.536. The van der Waals surface area contributed by atoms with Crippen LogP contribution in [0.3, 0.4) is 0 Å². The third kappa shape index (κ3) is 1.13. The van der Waals surface area contributed by atoms with Gasteiger partial charge in [0.15, 0.2) is 0 Å². The van der Waals surface area contributed by atoms with E-state index in [0.29, 0.717) is 0 Å². The Morgan fingerprint density at radius 3 is 2.27 bits per heavy atom. The van der Waals surface area contributed by atoms with Crippen LogP contribution in [-0.4, -0.2) is 17.0 Å². The first kappa shape index (κ1) is 10.4. The summed E-state index contributed by atoms with van der Waals surface area (Å²) in [6.07, 6.45) is 2.07. The summed E-state index contributed by atoms with van der Waals surface area (Å²) in [6, 6.07) is 10.7. The molecule has 1 heterocycles. The van der Waals surface area contributed by atoms with Crippen LogP contribution >= 0.6 is 0 Å². The van der Waals surface area contributed by atoms with E-state index >= 15 is 0 Å². The van der Waals surface area contributed by atoms with Crippen molar-refractivity contribution >= 4 is 0 Å². The molecule has 0 N–H and O–H groups in total. The van der Waals surface area contributed by atoms with Crippen LogP contribution in [0.2, 0.25) is 0 Å². The number of nitrogens with zero attached hydrogens (tertiary/aromatic N) is 1. The van der Waals surface area contributed by atoms with Crippen LogP contribution in [0, 0.1) is 0 Å². The van der Waals surface area contributed by atoms with E-state index in [-0.39, 0.29) is 11.1 Å². The van der Waals surface area contributed by atoms with Crippen LogP contribution in [0.5, 0.6) is 0 Å². The van der Waals surface area contributed by atoms with Crippen molar-refractivity contribution < 1.29 is 0 Å². The second-order valence-electron chi connectivity index (χ2n) is 4.53. The maximum atomic E-state index is 3.97. The third-order valence-electron chi connectivity index (χ3n) is 4.09. The minimum atomic E-state index is 0.114. The predicted molar refractivity (Wildman–Crippen MR) is 64.8 cm³/mol. The molecule has 0 radical (unpaired) electrons. The average molecular weight is 201 g/mol. The molecule has 1 aromatic rings. The van der Waals surface area contributed by atoms with E-state index in [1.54, 1.807) is 0 Å². The first-order valence-electron chi connectivity index (χ1n) is 5.58. The Labute approximate surface area is 92.4 Å². The normalized spacial score (nSPS) is 38.7. The molecule has 1 aromatic carbocycles. The van der Waals surface area contributed by atoms with Crippen LogP contribution in [0.15, 0.2) is 43.0 Å². The summed E-state index contributed by atoms with van der Waals surface area (Å²) in [4.78, 5) is 2.47. The van der Waals surface area contributed by atoms with Crippen molar-refractivity contribution in [3.63, 3.8) is 0 Å². The van der Waals surface area contributed by atoms with Crippen molar-refractivity contribution in [2.24, 2.45) is 0 Å². The molecule has 0 aromatic heterocycles. The van der Waals surface area contributed by atoms with Gasteiger partial charge in [0.05, 0.1) is 11.1 Å². The number of likely N-dealkylation sites (N-methyl/N-ethyl adjacent to an activating group) is 1. The molecular weight excluding hydrogens is 182 g/mol. The Kier molecular flexibility index (Phi) is 2.23. The SMILES string of the molecule is C=CC1(C)N(CC)C1(C)c1ccccc1. The van der Waals surface area contributed by atoms with E-state index in [1.165, 1.54) is 5.56 Å². The van der Waals surface area contributed by atoms with Crippen molar-refractivity contribution in [3.05, 3.63) is 48.6 Å². The third-order valence-corrected chi connectivity index (χ3v) is 4.09. The standard InChI is InChI=1S/C14H19N/c1-5-13(3)14(4,15(13)6-2)12-10-8-7-9-11-12/h5,7-11H,1,6H2,2-4H3. The number of hydrogen-bond donors (Lipinski definition) is 0. The maximum absolute atomic E-state index is 3.97. The molecule has 3 atom stereocenters. The van der Waals surface area contributed by atoms with E-state index in [0.717, 1.165) is 6.54 Å². The first-order chi connectivity index (χ1) is 7.11. The molecule has 0 bridgehead atoms. The Bertz CT molecular complexity index is 370. The molecule has 0 saturated carbocycles. The smallest absolute Gasteiger partial charge is 0.0659 e. The average Bonchev–Trinajstić information content (AvgIpc) is 2.79. The van der Waals surface area contributed by atoms with Gasteiger partial charge in [0.2, 0.25) is 0 Å². The number of hydrogen-bond acceptors (Lipinski definition) is 1. The predicted octanol–water partition coefficient (Wildman–Crippen LogP) is 3.18. The van der Waals surface area contributed by atoms with Crippen molar-refractivity contribution in [1.29, 1.82) is 0 Å². The Balaban J connectivity index is 2.42. The van der Waals surface area contributed by atoms with Gasteiger partial charge in [-0.2, -0.15) is 0 Å². The fourth-order valence-corrected chi connectivity index (χ4v) is 2.88. The van der Waals surface area contributed by atoms with E-state index in [2.05, 4.69) is 68.7 Å². The first-order valence-corrected chi connectivity index (χ1v) is 5.58. The maximum Gasteiger partial charge on any atom is 0.0659 e. The molecule has 2 rings (SSSR count). The fraction of sp³-hybridized carbons (Fsp3) is 0.429. The van der Waals surface area contributed by atoms with Gasteiger partial charge in [-0.1, -0.05) is 43.3 Å². The molecule has 3 unspecified atom stereocenters. The minimum absolute atomic E-state index is 0.114. The van der Waals surface area contributed by atoms with Crippen molar-refractivity contribution in [3.8, 4) is 0 Å². The van der Waals surface area contributed by atoms with E-state index in [4.69, 9.17) is 0 Å². The summed E-state index contributed by atoms with van der Waals surface area (Å²) in [5, 5.41) is 0. The summed E-state index contributed by atoms with van der Waals surface area (Å²) in [5.41, 5.74) is 1.63. The van der Waals surface area contributed by atoms with Crippen LogP contribution in [0.25, 0.3) is 0 Å². The zero-order valence-electron chi connectivity index (χ0n) is 9.83. The summed E-state index contributed by atoms with van der Waals surface area (Å²) in [6.45, 7) is 11.8. The highest BCUT2D eigenvalue weighted by atomic mass is 15.4. The van der Waals surface area contributed by atoms with Gasteiger partial charge in [-0.05, 0) is 26.0 Å². The second kappa shape index (κ2) is 3.21. The monoisotopic (exact) mass is 201 g/mol. The molecule has 1 heteroatoms. The van der Waals surface area contributed by atoms with Crippen LogP contribution in [0.1, 0.15) is 26.3 Å². The Hall–Kier alpha value is -1.08. The van der Waals surface area contributed by atoms with Crippen LogP contribution in [-0.2, 0) is 5.54 Å². The lowest BCUT2D eigenvalue weighted by Crippen LogP contribution is -2.14. The van der Waals surface area contributed by atoms with Crippen LogP contribution < -0.4 is 0 Å². The van der Waals surface area contributed by atoms with Gasteiger partial charge < -0.3 is 0 Å². The molecule has 1 saturated heterocycles. The lowest BCUT2D eigenvalue weighted by atomic mass is 9.89. The summed E-state index contributed by atoms with van der Waals surface area (Å²) in [7, 11) is 0. The molecule has 0 spiro atoms. The Morgan fingerprint density at radius 2 is 1.87 bits per heavy atom. The van der Waals surface area contributed by atoms with E-state index in [9.17, 15) is 0 Å². The van der Waals surface area contributed by atoms with Gasteiger partial charge in [0.1, 0.15) is 0 Å². The molecule has 15 heavy (non-hydrogen) atoms. The second-order valence-corrected chi connectivity index (χ2v) is 4.53. The van der Waals surface area contributed by atoms with Crippen molar-refractivity contribution in [2.45, 2.75) is 31.8 Å². The van der Waals surface area contributed by atoms with Gasteiger partial charge in [-0.15, -0.1) is 6.58 Å². The minimum Gasteiger partial charge on any atom is -0.281 e. The van der Waals surface area contributed by atoms with Gasteiger partial charge in [0, 0.05) is 0 Å². The van der Waals surface area contributed by atoms with Crippen molar-refractivity contribution in [2.75, 3.05) is 6.54 Å². The molecule has 1 fully saturated rings. The number of benzene rings is 1. The molecule has 1 nitrogen and oxygen atoms in total. The molecule has 1 aliphatic heterocycles. The zero-order valence-corrected chi connectivity index (χ0v) is 9.83. The summed E-state index contributed by atoms with van der Waals surface area (Å²) in [5.74, 6) is 0. The highest BCUT2D eigenvalue weighted by Gasteiger charge is 2.67. The van der Waals surface area contributed by atoms with Gasteiger partial charge >= 0.3 is 0 Å². The fourth-order valence-electron chi connectivity index (χ4n) is 2.88. The van der Waals surface area contributed by atoms with Crippen molar-refractivity contribution in [1.82, 2.24) is 4.90 Å². The van der Waals surface area contributed by atoms with Gasteiger partial charge in [-0.25, -0.2) is 0 Å². The van der Waals surface area contributed by atoms with E-state index < -0.39 is 0 Å². The lowest BCUT2D eigenvalue weighted by molar-refractivity contribution is 0.438. The van der Waals surface area contributed by atoms with Crippen LogP contribution in [0.4, 0.5) is 0 Å². The molecule has 0 aliphatic carbocycles. The Morgan fingerprint density at radius 1 is 1.27 bits per heavy atom. The largest absolute Gasteiger partial charge is 0.281 e. The van der Waals surface area contributed by atoms with E-state index in [1.807, 2.05) is 0 Å². The highest BCUT2D eigenvalue weighted by molar-refractivity contribution is 5.42. The topological polar surface area (TPSA) is 3.01 Å².